The molecule has 3 aromatic rings. The van der Waals surface area contributed by atoms with Crippen LogP contribution in [0.15, 0.2) is 46.9 Å². The second-order valence-electron chi connectivity index (χ2n) is 6.19. The van der Waals surface area contributed by atoms with Crippen molar-refractivity contribution < 1.29 is 9.21 Å². The smallest absolute Gasteiger partial charge is 0.227 e. The molecule has 0 saturated heterocycles. The Morgan fingerprint density at radius 2 is 2.09 bits per heavy atom. The van der Waals surface area contributed by atoms with Gasteiger partial charge in [-0.3, -0.25) is 4.79 Å². The minimum Gasteiger partial charge on any atom is -0.436 e. The average molecular weight is 306 g/mol. The number of hydrogen-bond donors (Lipinski definition) is 1. The third kappa shape index (κ3) is 2.72. The van der Waals surface area contributed by atoms with Crippen molar-refractivity contribution in [3.05, 3.63) is 48.0 Å². The van der Waals surface area contributed by atoms with Crippen LogP contribution in [0.4, 0.5) is 5.69 Å². The molecular weight excluding hydrogens is 288 g/mol. The number of rotatable bonds is 3. The molecule has 0 unspecified atom stereocenters. The summed E-state index contributed by atoms with van der Waals surface area (Å²) in [6.07, 6.45) is 3.15. The average Bonchev–Trinajstić information content (AvgIpc) is 2.88. The summed E-state index contributed by atoms with van der Waals surface area (Å²) in [5.41, 5.74) is 4.42. The number of carbonyl (C=O) groups is 1. The van der Waals surface area contributed by atoms with Gasteiger partial charge in [0.1, 0.15) is 5.52 Å². The number of amides is 1. The van der Waals surface area contributed by atoms with Crippen molar-refractivity contribution in [2.75, 3.05) is 5.32 Å². The van der Waals surface area contributed by atoms with Gasteiger partial charge in [-0.2, -0.15) is 0 Å². The molecule has 1 fully saturated rings. The number of benzene rings is 2. The summed E-state index contributed by atoms with van der Waals surface area (Å²) in [4.78, 5) is 16.6. The van der Waals surface area contributed by atoms with Gasteiger partial charge in [-0.1, -0.05) is 18.6 Å². The fraction of sp³-hybridized carbons (Fsp3) is 0.263. The van der Waals surface area contributed by atoms with Crippen molar-refractivity contribution in [3.63, 3.8) is 0 Å². The van der Waals surface area contributed by atoms with E-state index in [1.165, 1.54) is 0 Å². The Labute approximate surface area is 134 Å². The summed E-state index contributed by atoms with van der Waals surface area (Å²) >= 11 is 0. The van der Waals surface area contributed by atoms with Crippen LogP contribution in [0.3, 0.4) is 0 Å². The molecule has 0 radical (unpaired) electrons. The molecule has 1 aliphatic carbocycles. The molecule has 0 bridgehead atoms. The fourth-order valence-electron chi connectivity index (χ4n) is 2.80. The number of carbonyl (C=O) groups excluding carboxylic acids is 1. The van der Waals surface area contributed by atoms with Gasteiger partial charge in [0, 0.05) is 17.2 Å². The Kier molecular flexibility index (Phi) is 3.37. The number of nitrogens with zero attached hydrogens (tertiary/aromatic N) is 1. The first-order valence-electron chi connectivity index (χ1n) is 7.97. The summed E-state index contributed by atoms with van der Waals surface area (Å²) in [5.74, 6) is 0.859. The van der Waals surface area contributed by atoms with Gasteiger partial charge in [0.2, 0.25) is 11.8 Å². The maximum absolute atomic E-state index is 12.1. The third-order valence-electron chi connectivity index (χ3n) is 4.40. The van der Waals surface area contributed by atoms with Gasteiger partial charge in [-0.25, -0.2) is 4.98 Å². The molecule has 4 heteroatoms. The highest BCUT2D eigenvalue weighted by molar-refractivity contribution is 5.93. The van der Waals surface area contributed by atoms with Crippen molar-refractivity contribution in [2.24, 2.45) is 5.92 Å². The van der Waals surface area contributed by atoms with Crippen LogP contribution >= 0.6 is 0 Å². The third-order valence-corrected chi connectivity index (χ3v) is 4.40. The summed E-state index contributed by atoms with van der Waals surface area (Å²) in [6.45, 7) is 2.03. The standard InChI is InChI=1S/C19H18N2O2/c1-12-8-9-16-17(10-12)23-19(21-16)14-6-3-7-15(11-14)20-18(22)13-4-2-5-13/h3,6-11,13H,2,4-5H2,1H3,(H,20,22). The van der Waals surface area contributed by atoms with E-state index in [9.17, 15) is 4.79 Å². The van der Waals surface area contributed by atoms with Gasteiger partial charge in [0.05, 0.1) is 0 Å². The molecule has 0 aliphatic heterocycles. The first kappa shape index (κ1) is 14.0. The highest BCUT2D eigenvalue weighted by Gasteiger charge is 2.25. The Bertz CT molecular complexity index is 878. The van der Waals surface area contributed by atoms with E-state index in [0.29, 0.717) is 5.89 Å². The van der Waals surface area contributed by atoms with Crippen LogP contribution in [0.5, 0.6) is 0 Å². The highest BCUT2D eigenvalue weighted by atomic mass is 16.3. The lowest BCUT2D eigenvalue weighted by Gasteiger charge is -2.24. The van der Waals surface area contributed by atoms with E-state index in [4.69, 9.17) is 4.42 Å². The lowest BCUT2D eigenvalue weighted by molar-refractivity contribution is -0.122. The molecule has 1 aromatic heterocycles. The van der Waals surface area contributed by atoms with Crippen LogP contribution in [0.2, 0.25) is 0 Å². The first-order valence-corrected chi connectivity index (χ1v) is 7.97. The predicted octanol–water partition coefficient (Wildman–Crippen LogP) is 4.54. The molecule has 116 valence electrons. The second-order valence-corrected chi connectivity index (χ2v) is 6.19. The Morgan fingerprint density at radius 1 is 1.22 bits per heavy atom. The van der Waals surface area contributed by atoms with Crippen molar-refractivity contribution in [1.29, 1.82) is 0 Å². The quantitative estimate of drug-likeness (QED) is 0.772. The van der Waals surface area contributed by atoms with E-state index < -0.39 is 0 Å². The van der Waals surface area contributed by atoms with Gasteiger partial charge in [-0.15, -0.1) is 0 Å². The second kappa shape index (κ2) is 5.54. The van der Waals surface area contributed by atoms with Crippen LogP contribution in [0.1, 0.15) is 24.8 Å². The van der Waals surface area contributed by atoms with Crippen molar-refractivity contribution in [1.82, 2.24) is 4.98 Å². The zero-order valence-electron chi connectivity index (χ0n) is 13.0. The maximum Gasteiger partial charge on any atom is 0.227 e. The van der Waals surface area contributed by atoms with E-state index in [1.54, 1.807) is 0 Å². The number of oxazole rings is 1. The highest BCUT2D eigenvalue weighted by Crippen LogP contribution is 2.29. The zero-order chi connectivity index (χ0) is 15.8. The van der Waals surface area contributed by atoms with Crippen LogP contribution in [0.25, 0.3) is 22.6 Å². The van der Waals surface area contributed by atoms with Crippen molar-refractivity contribution in [3.8, 4) is 11.5 Å². The van der Waals surface area contributed by atoms with E-state index in [0.717, 1.165) is 47.2 Å². The van der Waals surface area contributed by atoms with Crippen LogP contribution in [-0.2, 0) is 4.79 Å². The van der Waals surface area contributed by atoms with E-state index >= 15 is 0 Å². The molecule has 2 aromatic carbocycles. The molecule has 0 spiro atoms. The number of aromatic nitrogens is 1. The monoisotopic (exact) mass is 306 g/mol. The molecule has 1 heterocycles. The van der Waals surface area contributed by atoms with Crippen molar-refractivity contribution in [2.45, 2.75) is 26.2 Å². The molecule has 1 saturated carbocycles. The zero-order valence-corrected chi connectivity index (χ0v) is 13.0. The summed E-state index contributed by atoms with van der Waals surface area (Å²) < 4.78 is 5.85. The topological polar surface area (TPSA) is 55.1 Å². The minimum absolute atomic E-state index is 0.113. The van der Waals surface area contributed by atoms with E-state index in [-0.39, 0.29) is 11.8 Å². The fourth-order valence-corrected chi connectivity index (χ4v) is 2.80. The Balaban J connectivity index is 1.62. The number of nitrogens with one attached hydrogen (secondary N) is 1. The summed E-state index contributed by atoms with van der Waals surface area (Å²) in [7, 11) is 0. The normalized spacial score (nSPS) is 14.7. The van der Waals surface area contributed by atoms with Crippen molar-refractivity contribution >= 4 is 22.7 Å². The Hall–Kier alpha value is -2.62. The van der Waals surface area contributed by atoms with E-state index in [1.807, 2.05) is 49.4 Å². The van der Waals surface area contributed by atoms with Gasteiger partial charge in [-0.05, 0) is 55.7 Å². The molecule has 1 N–H and O–H groups in total. The molecule has 1 aliphatic rings. The number of fused-ring (bicyclic) bond motifs is 1. The molecule has 4 rings (SSSR count). The summed E-state index contributed by atoms with van der Waals surface area (Å²) in [5, 5.41) is 2.99. The van der Waals surface area contributed by atoms with Crippen LogP contribution < -0.4 is 5.32 Å². The number of aryl methyl sites for hydroxylation is 1. The minimum atomic E-state index is 0.113. The lowest BCUT2D eigenvalue weighted by atomic mass is 9.85. The van der Waals surface area contributed by atoms with Gasteiger partial charge in [0.15, 0.2) is 5.58 Å². The van der Waals surface area contributed by atoms with Crippen LogP contribution in [-0.4, -0.2) is 10.9 Å². The number of hydrogen-bond acceptors (Lipinski definition) is 3. The number of anilines is 1. The van der Waals surface area contributed by atoms with E-state index in [2.05, 4.69) is 10.3 Å². The largest absolute Gasteiger partial charge is 0.436 e. The molecular formula is C19H18N2O2. The first-order chi connectivity index (χ1) is 11.2. The maximum atomic E-state index is 12.1. The SMILES string of the molecule is Cc1ccc2nc(-c3cccc(NC(=O)C4CCC4)c3)oc2c1. The molecule has 0 atom stereocenters. The Morgan fingerprint density at radius 3 is 2.87 bits per heavy atom. The van der Waals surface area contributed by atoms with Gasteiger partial charge < -0.3 is 9.73 Å². The molecule has 23 heavy (non-hydrogen) atoms. The predicted molar refractivity (Wildman–Crippen MR) is 90.2 cm³/mol. The van der Waals surface area contributed by atoms with Crippen LogP contribution in [0, 0.1) is 12.8 Å². The van der Waals surface area contributed by atoms with Gasteiger partial charge in [0.25, 0.3) is 0 Å². The molecule has 4 nitrogen and oxygen atoms in total. The lowest BCUT2D eigenvalue weighted by Crippen LogP contribution is -2.27. The van der Waals surface area contributed by atoms with Gasteiger partial charge >= 0.3 is 0 Å². The molecule has 1 amide bonds. The summed E-state index contributed by atoms with van der Waals surface area (Å²) in [6, 6.07) is 13.6.